The van der Waals surface area contributed by atoms with E-state index in [-0.39, 0.29) is 5.56 Å². The van der Waals surface area contributed by atoms with Crippen LogP contribution in [0.2, 0.25) is 0 Å². The number of methoxy groups -OCH3 is 1. The van der Waals surface area contributed by atoms with Crippen molar-refractivity contribution >= 4 is 28.2 Å². The smallest absolute Gasteiger partial charge is 0.253 e. The molecule has 0 bridgehead atoms. The Kier molecular flexibility index (Phi) is 5.53. The number of aromatic nitrogens is 1. The van der Waals surface area contributed by atoms with Gasteiger partial charge < -0.3 is 19.9 Å². The maximum atomic E-state index is 12.5. The first-order chi connectivity index (χ1) is 12.6. The Bertz CT molecular complexity index is 970. The summed E-state index contributed by atoms with van der Waals surface area (Å²) < 4.78 is 5.27. The van der Waals surface area contributed by atoms with Gasteiger partial charge in [0.05, 0.1) is 13.7 Å². The second-order valence-corrected chi connectivity index (χ2v) is 6.36. The molecule has 0 unspecified atom stereocenters. The van der Waals surface area contributed by atoms with Crippen LogP contribution in [0.4, 0.5) is 0 Å². The lowest BCUT2D eigenvalue weighted by atomic mass is 10.1. The molecule has 0 fully saturated rings. The molecule has 26 heavy (non-hydrogen) atoms. The minimum Gasteiger partial charge on any atom is -0.497 e. The molecular weight excluding hydrogens is 346 g/mol. The summed E-state index contributed by atoms with van der Waals surface area (Å²) in [6.07, 6.45) is 0. The van der Waals surface area contributed by atoms with Crippen LogP contribution < -0.4 is 15.6 Å². The molecule has 0 saturated heterocycles. The second-order valence-electron chi connectivity index (χ2n) is 5.97. The third-order valence-electron chi connectivity index (χ3n) is 4.21. The fraction of sp³-hybridized carbons (Fsp3) is 0.200. The van der Waals surface area contributed by atoms with E-state index < -0.39 is 0 Å². The van der Waals surface area contributed by atoms with Crippen LogP contribution in [-0.4, -0.2) is 29.2 Å². The SMILES string of the molecule is CNC(=S)N(Cc1ccccc1)Cc1cc2cc(OC)ccc2[nH]c1=O. The fourth-order valence-corrected chi connectivity index (χ4v) is 2.97. The average Bonchev–Trinajstić information content (AvgIpc) is 2.67. The van der Waals surface area contributed by atoms with Crippen molar-refractivity contribution in [2.24, 2.45) is 0 Å². The van der Waals surface area contributed by atoms with Gasteiger partial charge in [-0.15, -0.1) is 0 Å². The van der Waals surface area contributed by atoms with Crippen molar-refractivity contribution in [3.63, 3.8) is 0 Å². The van der Waals surface area contributed by atoms with E-state index in [0.29, 0.717) is 23.8 Å². The Hall–Kier alpha value is -2.86. The summed E-state index contributed by atoms with van der Waals surface area (Å²) in [6.45, 7) is 1.03. The predicted molar refractivity (Wildman–Crippen MR) is 108 cm³/mol. The molecule has 6 heteroatoms. The number of aromatic amines is 1. The molecule has 0 amide bonds. The van der Waals surface area contributed by atoms with Crippen LogP contribution in [0.1, 0.15) is 11.1 Å². The van der Waals surface area contributed by atoms with Crippen molar-refractivity contribution in [3.8, 4) is 5.75 Å². The van der Waals surface area contributed by atoms with E-state index in [1.54, 1.807) is 14.2 Å². The zero-order chi connectivity index (χ0) is 18.5. The van der Waals surface area contributed by atoms with Gasteiger partial charge in [0, 0.05) is 30.1 Å². The molecule has 134 valence electrons. The number of benzene rings is 2. The first-order valence-electron chi connectivity index (χ1n) is 8.31. The van der Waals surface area contributed by atoms with Gasteiger partial charge in [-0.1, -0.05) is 30.3 Å². The number of ether oxygens (including phenoxy) is 1. The molecule has 0 radical (unpaired) electrons. The van der Waals surface area contributed by atoms with Crippen molar-refractivity contribution in [1.29, 1.82) is 0 Å². The summed E-state index contributed by atoms with van der Waals surface area (Å²) in [5.74, 6) is 0.752. The number of nitrogens with one attached hydrogen (secondary N) is 2. The molecule has 5 nitrogen and oxygen atoms in total. The van der Waals surface area contributed by atoms with E-state index in [1.165, 1.54) is 0 Å². The van der Waals surface area contributed by atoms with Crippen molar-refractivity contribution in [1.82, 2.24) is 15.2 Å². The Morgan fingerprint density at radius 2 is 1.92 bits per heavy atom. The van der Waals surface area contributed by atoms with Gasteiger partial charge in [-0.2, -0.15) is 0 Å². The molecule has 0 aliphatic carbocycles. The average molecular weight is 367 g/mol. The minimum atomic E-state index is -0.111. The lowest BCUT2D eigenvalue weighted by molar-refractivity contribution is 0.401. The van der Waals surface area contributed by atoms with Gasteiger partial charge in [0.15, 0.2) is 5.11 Å². The zero-order valence-corrected chi connectivity index (χ0v) is 15.6. The highest BCUT2D eigenvalue weighted by atomic mass is 32.1. The molecule has 2 N–H and O–H groups in total. The Balaban J connectivity index is 1.93. The van der Waals surface area contributed by atoms with Gasteiger partial charge >= 0.3 is 0 Å². The van der Waals surface area contributed by atoms with Gasteiger partial charge in [0.25, 0.3) is 5.56 Å². The number of hydrogen-bond donors (Lipinski definition) is 2. The normalized spacial score (nSPS) is 10.5. The van der Waals surface area contributed by atoms with Gasteiger partial charge in [-0.3, -0.25) is 4.79 Å². The third-order valence-corrected chi connectivity index (χ3v) is 4.67. The first kappa shape index (κ1) is 17.9. The Labute approximate surface area is 157 Å². The van der Waals surface area contributed by atoms with Crippen LogP contribution in [0.25, 0.3) is 10.9 Å². The van der Waals surface area contributed by atoms with E-state index in [4.69, 9.17) is 17.0 Å². The summed E-state index contributed by atoms with van der Waals surface area (Å²) in [5, 5.41) is 4.53. The van der Waals surface area contributed by atoms with Crippen LogP contribution in [0.5, 0.6) is 5.75 Å². The summed E-state index contributed by atoms with van der Waals surface area (Å²) in [7, 11) is 3.41. The number of pyridine rings is 1. The molecule has 1 aromatic heterocycles. The molecule has 0 spiro atoms. The van der Waals surface area contributed by atoms with Gasteiger partial charge in [-0.25, -0.2) is 0 Å². The monoisotopic (exact) mass is 367 g/mol. The molecule has 3 rings (SSSR count). The molecule has 3 aromatic rings. The van der Waals surface area contributed by atoms with Crippen LogP contribution >= 0.6 is 12.2 Å². The number of hydrogen-bond acceptors (Lipinski definition) is 3. The largest absolute Gasteiger partial charge is 0.497 e. The maximum Gasteiger partial charge on any atom is 0.253 e. The quantitative estimate of drug-likeness (QED) is 0.679. The van der Waals surface area contributed by atoms with Crippen LogP contribution in [0, 0.1) is 0 Å². The molecular formula is C20H21N3O2S. The van der Waals surface area contributed by atoms with Crippen LogP contribution in [0.15, 0.2) is 59.4 Å². The highest BCUT2D eigenvalue weighted by Crippen LogP contribution is 2.19. The van der Waals surface area contributed by atoms with Gasteiger partial charge in [-0.05, 0) is 42.0 Å². The lowest BCUT2D eigenvalue weighted by Gasteiger charge is -2.25. The summed E-state index contributed by atoms with van der Waals surface area (Å²) in [4.78, 5) is 17.4. The van der Waals surface area contributed by atoms with Crippen molar-refractivity contribution in [2.45, 2.75) is 13.1 Å². The molecule has 2 aromatic carbocycles. The maximum absolute atomic E-state index is 12.5. The fourth-order valence-electron chi connectivity index (χ4n) is 2.84. The van der Waals surface area contributed by atoms with Crippen LogP contribution in [-0.2, 0) is 13.1 Å². The van der Waals surface area contributed by atoms with E-state index in [0.717, 1.165) is 22.2 Å². The summed E-state index contributed by atoms with van der Waals surface area (Å²) in [5.41, 5.74) is 2.45. The van der Waals surface area contributed by atoms with Gasteiger partial charge in [0.1, 0.15) is 5.75 Å². The second kappa shape index (κ2) is 8.01. The first-order valence-corrected chi connectivity index (χ1v) is 8.72. The Morgan fingerprint density at radius 3 is 2.62 bits per heavy atom. The molecule has 0 saturated carbocycles. The number of rotatable bonds is 5. The molecule has 0 atom stereocenters. The van der Waals surface area contributed by atoms with Crippen molar-refractivity contribution < 1.29 is 4.74 Å². The topological polar surface area (TPSA) is 57.4 Å². The van der Waals surface area contributed by atoms with E-state index in [1.807, 2.05) is 59.5 Å². The number of H-pyrrole nitrogens is 1. The summed E-state index contributed by atoms with van der Waals surface area (Å²) in [6, 6.07) is 17.5. The van der Waals surface area contributed by atoms with Crippen LogP contribution in [0.3, 0.4) is 0 Å². The van der Waals surface area contributed by atoms with Crippen molar-refractivity contribution in [3.05, 3.63) is 76.1 Å². The summed E-state index contributed by atoms with van der Waals surface area (Å²) >= 11 is 5.44. The molecule has 1 heterocycles. The Morgan fingerprint density at radius 1 is 1.15 bits per heavy atom. The molecule has 0 aliphatic heterocycles. The molecule has 0 aliphatic rings. The number of fused-ring (bicyclic) bond motifs is 1. The minimum absolute atomic E-state index is 0.111. The zero-order valence-electron chi connectivity index (χ0n) is 14.8. The van der Waals surface area contributed by atoms with E-state index in [9.17, 15) is 4.79 Å². The third kappa shape index (κ3) is 4.03. The highest BCUT2D eigenvalue weighted by molar-refractivity contribution is 7.80. The lowest BCUT2D eigenvalue weighted by Crippen LogP contribution is -2.38. The highest BCUT2D eigenvalue weighted by Gasteiger charge is 2.13. The number of nitrogens with zero attached hydrogens (tertiary/aromatic N) is 1. The standard InChI is InChI=1S/C20H21N3O2S/c1-21-20(26)23(12-14-6-4-3-5-7-14)13-16-10-15-11-17(25-2)8-9-18(15)22-19(16)24/h3-11H,12-13H2,1-2H3,(H,21,26)(H,22,24). The van der Waals surface area contributed by atoms with E-state index in [2.05, 4.69) is 10.3 Å². The van der Waals surface area contributed by atoms with Gasteiger partial charge in [0.2, 0.25) is 0 Å². The predicted octanol–water partition coefficient (Wildman–Crippen LogP) is 3.04. The number of thiocarbonyl (C=S) groups is 1. The van der Waals surface area contributed by atoms with E-state index >= 15 is 0 Å². The van der Waals surface area contributed by atoms with Crippen molar-refractivity contribution in [2.75, 3.05) is 14.2 Å².